The summed E-state index contributed by atoms with van der Waals surface area (Å²) in [5.74, 6) is -0.658. The van der Waals surface area contributed by atoms with Crippen molar-refractivity contribution in [3.05, 3.63) is 136 Å². The molecule has 0 unspecified atom stereocenters. The van der Waals surface area contributed by atoms with Gasteiger partial charge in [-0.15, -0.1) is 0 Å². The monoisotopic (exact) mass is 825 g/mol. The van der Waals surface area contributed by atoms with Gasteiger partial charge in [-0.1, -0.05) is 13.2 Å². The van der Waals surface area contributed by atoms with Crippen molar-refractivity contribution in [1.29, 1.82) is 0 Å². The van der Waals surface area contributed by atoms with E-state index in [-0.39, 0.29) is 41.6 Å². The van der Waals surface area contributed by atoms with Crippen molar-refractivity contribution in [1.82, 2.24) is 4.98 Å². The molecule has 5 aromatic rings. The standard InChI is InChI=1S/C42H36BrNO12/c1-3-37(45)52-23-7-5-21-50-30-14-9-27(10-15-30)40(47)54-32-18-19-35-33(26-32)42(49)56-39(44-35)29-13-20-36(34(43)25-29)55-41(48)28-11-16-31(17-12-28)51-22-6-8-24-53-38(46)4-2/h3-4,9-20,25-26H,1-2,5-8,21-24H2. The number of esters is 4. The van der Waals surface area contributed by atoms with Crippen LogP contribution in [0.15, 0.2) is 124 Å². The van der Waals surface area contributed by atoms with Gasteiger partial charge in [-0.25, -0.2) is 29.0 Å². The number of hydrogen-bond donors (Lipinski definition) is 0. The van der Waals surface area contributed by atoms with Crippen LogP contribution in [0.1, 0.15) is 46.4 Å². The van der Waals surface area contributed by atoms with E-state index in [2.05, 4.69) is 34.1 Å². The van der Waals surface area contributed by atoms with E-state index in [9.17, 15) is 24.0 Å². The lowest BCUT2D eigenvalue weighted by Crippen LogP contribution is -2.10. The molecule has 288 valence electrons. The van der Waals surface area contributed by atoms with Crippen LogP contribution in [-0.2, 0) is 19.1 Å². The topological polar surface area (TPSA) is 167 Å². The number of unbranched alkanes of at least 4 members (excludes halogenated alkanes) is 2. The zero-order valence-corrected chi connectivity index (χ0v) is 31.6. The highest BCUT2D eigenvalue weighted by atomic mass is 79.9. The minimum Gasteiger partial charge on any atom is -0.494 e. The number of rotatable bonds is 19. The number of benzene rings is 4. The van der Waals surface area contributed by atoms with Crippen molar-refractivity contribution in [3.63, 3.8) is 0 Å². The van der Waals surface area contributed by atoms with E-state index in [1.807, 2.05) is 0 Å². The lowest BCUT2D eigenvalue weighted by Gasteiger charge is -2.10. The molecular formula is C42H36BrNO12. The molecule has 0 N–H and O–H groups in total. The fourth-order valence-corrected chi connectivity index (χ4v) is 5.37. The summed E-state index contributed by atoms with van der Waals surface area (Å²) in [5, 5.41) is 0.106. The van der Waals surface area contributed by atoms with E-state index >= 15 is 0 Å². The molecule has 5 rings (SSSR count). The molecule has 0 atom stereocenters. The summed E-state index contributed by atoms with van der Waals surface area (Å²) in [4.78, 5) is 65.3. The molecule has 0 saturated carbocycles. The molecule has 0 aliphatic rings. The summed E-state index contributed by atoms with van der Waals surface area (Å²) in [5.41, 5.74) is 0.621. The fraction of sp³-hybridized carbons (Fsp3) is 0.190. The quantitative estimate of drug-likeness (QED) is 0.0342. The highest BCUT2D eigenvalue weighted by Gasteiger charge is 2.16. The first kappa shape index (κ1) is 40.6. The van der Waals surface area contributed by atoms with E-state index < -0.39 is 29.5 Å². The van der Waals surface area contributed by atoms with Gasteiger partial charge in [0, 0.05) is 17.7 Å². The Kier molecular flexibility index (Phi) is 14.7. The van der Waals surface area contributed by atoms with Crippen molar-refractivity contribution in [3.8, 4) is 34.5 Å². The van der Waals surface area contributed by atoms with Gasteiger partial charge in [0.1, 0.15) is 23.0 Å². The molecule has 0 aliphatic heterocycles. The molecule has 0 aliphatic carbocycles. The van der Waals surface area contributed by atoms with Gasteiger partial charge in [0.25, 0.3) is 0 Å². The largest absolute Gasteiger partial charge is 0.494 e. The fourth-order valence-electron chi connectivity index (χ4n) is 4.91. The first-order valence-electron chi connectivity index (χ1n) is 17.4. The van der Waals surface area contributed by atoms with Gasteiger partial charge in [0.2, 0.25) is 5.89 Å². The summed E-state index contributed by atoms with van der Waals surface area (Å²) >= 11 is 3.42. The highest BCUT2D eigenvalue weighted by Crippen LogP contribution is 2.31. The smallest absolute Gasteiger partial charge is 0.347 e. The van der Waals surface area contributed by atoms with Crippen LogP contribution >= 0.6 is 15.9 Å². The van der Waals surface area contributed by atoms with E-state index in [1.165, 1.54) is 12.1 Å². The maximum Gasteiger partial charge on any atom is 0.347 e. The third-order valence-electron chi connectivity index (χ3n) is 7.81. The molecule has 1 heterocycles. The molecule has 0 amide bonds. The van der Waals surface area contributed by atoms with Crippen LogP contribution in [-0.4, -0.2) is 55.3 Å². The lowest BCUT2D eigenvalue weighted by molar-refractivity contribution is -0.138. The van der Waals surface area contributed by atoms with Gasteiger partial charge in [0.15, 0.2) is 0 Å². The van der Waals surface area contributed by atoms with Crippen LogP contribution in [0.25, 0.3) is 22.4 Å². The average molecular weight is 827 g/mol. The lowest BCUT2D eigenvalue weighted by atomic mass is 10.2. The van der Waals surface area contributed by atoms with Crippen LogP contribution < -0.4 is 24.6 Å². The molecule has 0 radical (unpaired) electrons. The van der Waals surface area contributed by atoms with E-state index in [4.69, 9.17) is 32.8 Å². The predicted octanol–water partition coefficient (Wildman–Crippen LogP) is 7.83. The molecule has 0 saturated heterocycles. The van der Waals surface area contributed by atoms with Gasteiger partial charge in [-0.2, -0.15) is 0 Å². The molecule has 0 fully saturated rings. The minimum atomic E-state index is -0.698. The normalized spacial score (nSPS) is 10.6. The molecule has 0 spiro atoms. The molecule has 1 aromatic heterocycles. The van der Waals surface area contributed by atoms with Crippen LogP contribution in [0.2, 0.25) is 0 Å². The molecule has 14 heteroatoms. The van der Waals surface area contributed by atoms with Gasteiger partial charge in [0.05, 0.1) is 52.9 Å². The zero-order valence-electron chi connectivity index (χ0n) is 30.0. The Labute approximate surface area is 329 Å². The number of carbonyl (C=O) groups is 4. The Balaban J connectivity index is 1.13. The number of ether oxygens (including phenoxy) is 6. The molecular weight excluding hydrogens is 790 g/mol. The van der Waals surface area contributed by atoms with Crippen LogP contribution in [0.3, 0.4) is 0 Å². The van der Waals surface area contributed by atoms with Crippen molar-refractivity contribution in [2.75, 3.05) is 26.4 Å². The third kappa shape index (κ3) is 11.7. The molecule has 56 heavy (non-hydrogen) atoms. The summed E-state index contributed by atoms with van der Waals surface area (Å²) in [6, 6.07) is 22.0. The van der Waals surface area contributed by atoms with Crippen molar-refractivity contribution < 1.29 is 52.0 Å². The van der Waals surface area contributed by atoms with Crippen LogP contribution in [0, 0.1) is 0 Å². The average Bonchev–Trinajstić information content (AvgIpc) is 3.21. The maximum atomic E-state index is 13.0. The highest BCUT2D eigenvalue weighted by molar-refractivity contribution is 9.10. The first-order chi connectivity index (χ1) is 27.1. The Morgan fingerprint density at radius 3 is 1.70 bits per heavy atom. The Morgan fingerprint density at radius 2 is 1.16 bits per heavy atom. The molecule has 4 aromatic carbocycles. The van der Waals surface area contributed by atoms with Crippen molar-refractivity contribution in [2.45, 2.75) is 25.7 Å². The number of fused-ring (bicyclic) bond motifs is 1. The SMILES string of the molecule is C=CC(=O)OCCCCOc1ccc(C(=O)Oc2ccc3nc(-c4ccc(OC(=O)c5ccc(OCCCCOC(=O)C=C)cc5)c(Br)c4)oc(=O)c3c2)cc1. The molecule has 13 nitrogen and oxygen atoms in total. The number of carbonyl (C=O) groups excluding carboxylic acids is 4. The zero-order chi connectivity index (χ0) is 39.9. The van der Waals surface area contributed by atoms with Gasteiger partial charge in [-0.05, 0) is 127 Å². The van der Waals surface area contributed by atoms with Gasteiger partial charge < -0.3 is 32.8 Å². The molecule has 0 bridgehead atoms. The predicted molar refractivity (Wildman–Crippen MR) is 208 cm³/mol. The summed E-state index contributed by atoms with van der Waals surface area (Å²) < 4.78 is 38.2. The number of hydrogen-bond acceptors (Lipinski definition) is 13. The van der Waals surface area contributed by atoms with Crippen LogP contribution in [0.4, 0.5) is 0 Å². The second-order valence-corrected chi connectivity index (χ2v) is 12.7. The number of halogens is 1. The Morgan fingerprint density at radius 1 is 0.643 bits per heavy atom. The first-order valence-corrected chi connectivity index (χ1v) is 18.2. The number of nitrogens with zero attached hydrogens (tertiary/aromatic N) is 1. The van der Waals surface area contributed by atoms with Gasteiger partial charge >= 0.3 is 29.5 Å². The second kappa shape index (κ2) is 20.2. The summed E-state index contributed by atoms with van der Waals surface area (Å²) in [6.07, 6.45) is 4.83. The van der Waals surface area contributed by atoms with Crippen molar-refractivity contribution >= 4 is 50.7 Å². The Bertz CT molecular complexity index is 2270. The third-order valence-corrected chi connectivity index (χ3v) is 8.43. The Hall–Kier alpha value is -6.54. The maximum absolute atomic E-state index is 13.0. The van der Waals surface area contributed by atoms with Crippen LogP contribution in [0.5, 0.6) is 23.0 Å². The summed E-state index contributed by atoms with van der Waals surface area (Å²) in [7, 11) is 0. The van der Waals surface area contributed by atoms with E-state index in [1.54, 1.807) is 72.8 Å². The summed E-state index contributed by atoms with van der Waals surface area (Å²) in [6.45, 7) is 8.06. The minimum absolute atomic E-state index is 0.0256. The number of aromatic nitrogens is 1. The second-order valence-electron chi connectivity index (χ2n) is 11.8. The van der Waals surface area contributed by atoms with Crippen molar-refractivity contribution in [2.24, 2.45) is 0 Å². The van der Waals surface area contributed by atoms with Gasteiger partial charge in [-0.3, -0.25) is 0 Å². The van der Waals surface area contributed by atoms with E-state index in [0.717, 1.165) is 12.2 Å². The van der Waals surface area contributed by atoms with E-state index in [0.29, 0.717) is 71.5 Å².